The first-order valence-corrected chi connectivity index (χ1v) is 7.63. The smallest absolute Gasteiger partial charge is 0.294 e. The molecular weight excluding hydrogens is 528 g/mol. The zero-order chi connectivity index (χ0) is 11.6. The Hall–Kier alpha value is 1.09. The Morgan fingerprint density at radius 2 is 1.73 bits per heavy atom. The van der Waals surface area contributed by atoms with Crippen molar-refractivity contribution in [3.05, 3.63) is 29.5 Å². The van der Waals surface area contributed by atoms with Gasteiger partial charge in [0.15, 0.2) is 5.01 Å². The molecule has 0 radical (unpaired) electrons. The summed E-state index contributed by atoms with van der Waals surface area (Å²) in [6, 6.07) is 1.85. The van der Waals surface area contributed by atoms with Crippen molar-refractivity contribution in [3.8, 4) is 0 Å². The number of halogens is 5. The molecule has 0 N–H and O–H groups in total. The first-order valence-electron chi connectivity index (χ1n) is 3.55. The molecule has 0 heterocycles. The van der Waals surface area contributed by atoms with E-state index >= 15 is 0 Å². The summed E-state index contributed by atoms with van der Waals surface area (Å²) in [6.07, 6.45) is 0. The number of carbonyl (C=O) groups is 1. The van der Waals surface area contributed by atoms with Gasteiger partial charge in [-0.2, -0.15) is 0 Å². The maximum Gasteiger partial charge on any atom is 0.294 e. The van der Waals surface area contributed by atoms with E-state index in [9.17, 15) is 4.79 Å². The number of benzene rings is 1. The maximum atomic E-state index is 10.2. The molecule has 0 aliphatic carbocycles. The van der Waals surface area contributed by atoms with Gasteiger partial charge in [0.2, 0.25) is 0 Å². The Kier molecular flexibility index (Phi) is 5.79. The van der Waals surface area contributed by atoms with Gasteiger partial charge in [0.05, 0.1) is 0 Å². The van der Waals surface area contributed by atoms with Crippen molar-refractivity contribution in [2.75, 3.05) is 0 Å². The monoisotopic (exact) mass is 526 g/mol. The Bertz CT molecular complexity index is 393. The quantitative estimate of drug-likeness (QED) is 0.229. The fourth-order valence-corrected chi connectivity index (χ4v) is 3.89. The Labute approximate surface area is 129 Å². The first kappa shape index (κ1) is 14.2. The molecule has 0 aromatic heterocycles. The number of hydrogen-bond donors (Lipinski definition) is 0. The number of carbonyl (C=O) groups excluding carboxylic acids is 1. The van der Waals surface area contributed by atoms with Crippen molar-refractivity contribution in [2.45, 2.75) is 5.01 Å². The van der Waals surface area contributed by atoms with Crippen LogP contribution in [-0.4, -0.2) is 6.47 Å². The number of alkyl halides is 1. The summed E-state index contributed by atoms with van der Waals surface area (Å²) in [7, 11) is 0. The van der Waals surface area contributed by atoms with Crippen LogP contribution in [0.25, 0.3) is 0 Å². The summed E-state index contributed by atoms with van der Waals surface area (Å²) >= 11 is 16.9. The first-order chi connectivity index (χ1) is 6.99. The second-order valence-electron chi connectivity index (χ2n) is 2.44. The fourth-order valence-electron chi connectivity index (χ4n) is 0.878. The summed E-state index contributed by atoms with van der Waals surface area (Å²) in [6.45, 7) is 0.399. The van der Waals surface area contributed by atoms with Gasteiger partial charge < -0.3 is 4.74 Å². The molecule has 1 aromatic rings. The van der Waals surface area contributed by atoms with Crippen LogP contribution in [-0.2, 0) is 9.53 Å². The van der Waals surface area contributed by atoms with E-state index in [2.05, 4.69) is 79.6 Å². The number of hydrogen-bond acceptors (Lipinski definition) is 2. The second-order valence-corrected chi connectivity index (χ2v) is 6.50. The highest BCUT2D eigenvalue weighted by Gasteiger charge is 2.18. The van der Waals surface area contributed by atoms with E-state index in [1.165, 1.54) is 0 Å². The van der Waals surface area contributed by atoms with Crippen LogP contribution in [0.5, 0.6) is 0 Å². The highest BCUT2D eigenvalue weighted by molar-refractivity contribution is 9.15. The molecular formula is C8H3Br5O2. The summed E-state index contributed by atoms with van der Waals surface area (Å²) in [4.78, 5) is 10.2. The van der Waals surface area contributed by atoms with Crippen molar-refractivity contribution in [3.63, 3.8) is 0 Å². The lowest BCUT2D eigenvalue weighted by Gasteiger charge is -2.13. The summed E-state index contributed by atoms with van der Waals surface area (Å²) < 4.78 is 8.24. The lowest BCUT2D eigenvalue weighted by Crippen LogP contribution is -1.97. The normalized spacial score (nSPS) is 12.3. The van der Waals surface area contributed by atoms with Crippen molar-refractivity contribution in [2.24, 2.45) is 0 Å². The second kappa shape index (κ2) is 6.14. The lowest BCUT2D eigenvalue weighted by molar-refractivity contribution is -0.129. The molecule has 1 unspecified atom stereocenters. The number of ether oxygens (including phenoxy) is 1. The minimum Gasteiger partial charge on any atom is -0.448 e. The molecule has 0 spiro atoms. The van der Waals surface area contributed by atoms with Crippen molar-refractivity contribution < 1.29 is 9.53 Å². The average molecular weight is 531 g/mol. The standard InChI is InChI=1S/C8H3Br5O2/c9-4-1-3(8(13)15-2-14)5(10)7(12)6(4)11/h1-2,8H. The molecule has 0 bridgehead atoms. The van der Waals surface area contributed by atoms with Crippen molar-refractivity contribution in [1.29, 1.82) is 0 Å². The van der Waals surface area contributed by atoms with Gasteiger partial charge in [-0.25, -0.2) is 0 Å². The third-order valence-electron chi connectivity index (χ3n) is 1.55. The molecule has 0 saturated heterocycles. The van der Waals surface area contributed by atoms with Gasteiger partial charge >= 0.3 is 0 Å². The molecule has 15 heavy (non-hydrogen) atoms. The van der Waals surface area contributed by atoms with Gasteiger partial charge in [-0.1, -0.05) is 0 Å². The van der Waals surface area contributed by atoms with E-state index in [-0.39, 0.29) is 0 Å². The van der Waals surface area contributed by atoms with Gasteiger partial charge in [0.25, 0.3) is 6.47 Å². The van der Waals surface area contributed by atoms with Crippen LogP contribution >= 0.6 is 79.6 Å². The molecule has 7 heteroatoms. The minimum absolute atomic E-state index is 0.399. The minimum atomic E-state index is -0.481. The zero-order valence-electron chi connectivity index (χ0n) is 6.94. The van der Waals surface area contributed by atoms with Crippen LogP contribution in [0.1, 0.15) is 10.6 Å². The van der Waals surface area contributed by atoms with Gasteiger partial charge in [0, 0.05) is 23.5 Å². The molecule has 2 nitrogen and oxygen atoms in total. The van der Waals surface area contributed by atoms with E-state index in [1.54, 1.807) is 0 Å². The van der Waals surface area contributed by atoms with Crippen LogP contribution < -0.4 is 0 Å². The Morgan fingerprint density at radius 3 is 2.27 bits per heavy atom. The Balaban J connectivity index is 3.25. The topological polar surface area (TPSA) is 26.3 Å². The van der Waals surface area contributed by atoms with Crippen molar-refractivity contribution in [1.82, 2.24) is 0 Å². The molecule has 1 atom stereocenters. The third-order valence-corrected chi connectivity index (χ3v) is 6.95. The third kappa shape index (κ3) is 3.28. The fraction of sp³-hybridized carbons (Fsp3) is 0.125. The van der Waals surface area contributed by atoms with E-state index in [4.69, 9.17) is 4.74 Å². The van der Waals surface area contributed by atoms with Crippen LogP contribution in [0.4, 0.5) is 0 Å². The summed E-state index contributed by atoms with van der Waals surface area (Å²) in [5.74, 6) is 0. The van der Waals surface area contributed by atoms with Gasteiger partial charge in [-0.15, -0.1) is 0 Å². The maximum absolute atomic E-state index is 10.2. The van der Waals surface area contributed by atoms with E-state index < -0.39 is 5.01 Å². The summed E-state index contributed by atoms with van der Waals surface area (Å²) in [5, 5.41) is -0.481. The molecule has 0 fully saturated rings. The van der Waals surface area contributed by atoms with E-state index in [0.29, 0.717) is 6.47 Å². The molecule has 0 saturated carbocycles. The predicted molar refractivity (Wildman–Crippen MR) is 76.1 cm³/mol. The molecule has 1 aromatic carbocycles. The molecule has 0 aliphatic heterocycles. The summed E-state index contributed by atoms with van der Waals surface area (Å²) in [5.41, 5.74) is 0.809. The lowest BCUT2D eigenvalue weighted by atomic mass is 10.2. The van der Waals surface area contributed by atoms with Gasteiger partial charge in [0.1, 0.15) is 0 Å². The van der Waals surface area contributed by atoms with E-state index in [1.807, 2.05) is 6.07 Å². The zero-order valence-corrected chi connectivity index (χ0v) is 14.9. The highest BCUT2D eigenvalue weighted by Crippen LogP contribution is 2.42. The Morgan fingerprint density at radius 1 is 1.13 bits per heavy atom. The largest absolute Gasteiger partial charge is 0.448 e. The highest BCUT2D eigenvalue weighted by atomic mass is 79.9. The van der Waals surface area contributed by atoms with E-state index in [0.717, 1.165) is 23.5 Å². The van der Waals surface area contributed by atoms with Crippen LogP contribution in [0.15, 0.2) is 24.0 Å². The molecule has 0 amide bonds. The van der Waals surface area contributed by atoms with Crippen LogP contribution in [0.3, 0.4) is 0 Å². The van der Waals surface area contributed by atoms with Crippen molar-refractivity contribution >= 4 is 86.1 Å². The predicted octanol–water partition coefficient (Wildman–Crippen LogP) is 5.30. The van der Waals surface area contributed by atoms with Gasteiger partial charge in [-0.3, -0.25) is 4.79 Å². The van der Waals surface area contributed by atoms with Crippen LogP contribution in [0.2, 0.25) is 0 Å². The van der Waals surface area contributed by atoms with Gasteiger partial charge in [-0.05, 0) is 85.7 Å². The molecule has 1 rings (SSSR count). The van der Waals surface area contributed by atoms with Crippen LogP contribution in [0, 0.1) is 0 Å². The average Bonchev–Trinajstić information content (AvgIpc) is 2.20. The molecule has 82 valence electrons. The molecule has 0 aliphatic rings. The number of rotatable bonds is 3. The SMILES string of the molecule is O=COC(Br)c1cc(Br)c(Br)c(Br)c1Br.